The maximum absolute atomic E-state index is 14.2. The Balaban J connectivity index is 2.02. The number of carbonyl (C=O) groups excluding carboxylic acids is 1. The number of carbonyl (C=O) groups is 1. The molecule has 3 aromatic rings. The molecule has 0 fully saturated rings. The van der Waals surface area contributed by atoms with Gasteiger partial charge in [-0.15, -0.1) is 9.89 Å². The van der Waals surface area contributed by atoms with Crippen LogP contribution in [-0.4, -0.2) is 40.1 Å². The van der Waals surface area contributed by atoms with E-state index in [4.69, 9.17) is 16.3 Å². The highest BCUT2D eigenvalue weighted by Gasteiger charge is 2.32. The van der Waals surface area contributed by atoms with Gasteiger partial charge in [-0.2, -0.15) is 18.3 Å². The van der Waals surface area contributed by atoms with Gasteiger partial charge in [-0.25, -0.2) is 9.40 Å². The monoisotopic (exact) mass is 445 g/mol. The van der Waals surface area contributed by atoms with Gasteiger partial charge in [0.05, 0.1) is 10.6 Å². The van der Waals surface area contributed by atoms with Crippen molar-refractivity contribution in [3.63, 3.8) is 0 Å². The summed E-state index contributed by atoms with van der Waals surface area (Å²) >= 11 is 5.82. The van der Waals surface area contributed by atoms with Crippen LogP contribution in [0.2, 0.25) is 5.02 Å². The highest BCUT2D eigenvalue weighted by Crippen LogP contribution is 2.39. The van der Waals surface area contributed by atoms with Gasteiger partial charge >= 0.3 is 6.18 Å². The first kappa shape index (κ1) is 21.8. The first-order valence-electron chi connectivity index (χ1n) is 8.63. The van der Waals surface area contributed by atoms with Crippen molar-refractivity contribution in [1.29, 1.82) is 0 Å². The van der Waals surface area contributed by atoms with Crippen LogP contribution in [0.4, 0.5) is 17.6 Å². The molecule has 0 bridgehead atoms. The molecule has 0 aliphatic heterocycles. The van der Waals surface area contributed by atoms with Gasteiger partial charge in [0.1, 0.15) is 16.8 Å². The fourth-order valence-electron chi connectivity index (χ4n) is 2.67. The molecule has 160 valence electrons. The summed E-state index contributed by atoms with van der Waals surface area (Å²) in [7, 11) is 3.28. The maximum Gasteiger partial charge on any atom is 0.416 e. The van der Waals surface area contributed by atoms with Crippen LogP contribution < -0.4 is 9.85 Å². The number of rotatable bonds is 5. The van der Waals surface area contributed by atoms with Crippen molar-refractivity contribution in [2.24, 2.45) is 0 Å². The molecule has 0 saturated carbocycles. The molecule has 3 rings (SSSR count). The Morgan fingerprint density at radius 3 is 2.50 bits per heavy atom. The summed E-state index contributed by atoms with van der Waals surface area (Å²) in [5, 5.41) is 10.1. The number of amides is 1. The van der Waals surface area contributed by atoms with Crippen molar-refractivity contribution in [2.45, 2.75) is 19.5 Å². The molecular weight excluding hydrogens is 430 g/mol. The normalized spacial score (nSPS) is 11.9. The van der Waals surface area contributed by atoms with E-state index >= 15 is 0 Å². The summed E-state index contributed by atoms with van der Waals surface area (Å²) in [6, 6.07) is 5.24. The molecule has 0 unspecified atom stereocenters. The van der Waals surface area contributed by atoms with E-state index in [0.29, 0.717) is 23.2 Å². The lowest BCUT2D eigenvalue weighted by molar-refractivity contribution is -0.137. The van der Waals surface area contributed by atoms with Gasteiger partial charge in [0.2, 0.25) is 0 Å². The second-order valence-corrected chi connectivity index (χ2v) is 6.79. The molecule has 30 heavy (non-hydrogen) atoms. The largest absolute Gasteiger partial charge is 0.453 e. The smallest absolute Gasteiger partial charge is 0.416 e. The molecular formula is C18H16ClF4N5O2. The number of hydrogen-bond donors (Lipinski definition) is 0. The predicted molar refractivity (Wildman–Crippen MR) is 101 cm³/mol. The molecule has 1 heterocycles. The highest BCUT2D eigenvalue weighted by molar-refractivity contribution is 6.32. The number of fused-ring (bicyclic) bond motifs is 1. The van der Waals surface area contributed by atoms with Crippen molar-refractivity contribution in [3.8, 4) is 11.5 Å². The van der Waals surface area contributed by atoms with E-state index < -0.39 is 28.3 Å². The van der Waals surface area contributed by atoms with Crippen LogP contribution in [0, 0.1) is 5.82 Å². The molecule has 0 spiro atoms. The second kappa shape index (κ2) is 8.07. The van der Waals surface area contributed by atoms with Gasteiger partial charge in [-0.3, -0.25) is 4.79 Å². The number of aromatic nitrogens is 3. The lowest BCUT2D eigenvalue weighted by atomic mass is 10.2. The van der Waals surface area contributed by atoms with E-state index in [9.17, 15) is 22.4 Å². The van der Waals surface area contributed by atoms with Gasteiger partial charge in [0.15, 0.2) is 11.6 Å². The molecule has 0 aliphatic rings. The lowest BCUT2D eigenvalue weighted by Gasteiger charge is -2.27. The SMILES string of the molecule is CCC(=O)N(N(C)C)n1nnc2ccc(Oc3c(F)cc(C(F)(F)F)cc3Cl)cc21. The van der Waals surface area contributed by atoms with Crippen LogP contribution in [0.3, 0.4) is 0 Å². The Morgan fingerprint density at radius 2 is 1.93 bits per heavy atom. The molecule has 0 aliphatic carbocycles. The highest BCUT2D eigenvalue weighted by atomic mass is 35.5. The molecule has 2 aromatic carbocycles. The minimum Gasteiger partial charge on any atom is -0.453 e. The number of ether oxygens (including phenoxy) is 1. The van der Waals surface area contributed by atoms with Crippen LogP contribution in [0.15, 0.2) is 30.3 Å². The van der Waals surface area contributed by atoms with Crippen LogP contribution in [0.25, 0.3) is 11.0 Å². The van der Waals surface area contributed by atoms with Crippen molar-refractivity contribution >= 4 is 28.5 Å². The van der Waals surface area contributed by atoms with E-state index in [1.807, 2.05) is 0 Å². The number of alkyl halides is 3. The summed E-state index contributed by atoms with van der Waals surface area (Å²) in [5.74, 6) is -2.03. The van der Waals surface area contributed by atoms with E-state index in [2.05, 4.69) is 10.3 Å². The Bertz CT molecular complexity index is 1080. The number of benzene rings is 2. The Labute approximate surface area is 173 Å². The average Bonchev–Trinajstić information content (AvgIpc) is 3.06. The number of hydrazine groups is 1. The Hall–Kier alpha value is -2.92. The summed E-state index contributed by atoms with van der Waals surface area (Å²) in [6.45, 7) is 1.68. The van der Waals surface area contributed by atoms with Crippen molar-refractivity contribution in [1.82, 2.24) is 20.1 Å². The number of hydrogen-bond acceptors (Lipinski definition) is 5. The molecule has 0 N–H and O–H groups in total. The quantitative estimate of drug-likeness (QED) is 0.430. The number of halogens is 5. The van der Waals surface area contributed by atoms with Crippen LogP contribution >= 0.6 is 11.6 Å². The van der Waals surface area contributed by atoms with E-state index in [1.165, 1.54) is 33.1 Å². The molecule has 0 radical (unpaired) electrons. The molecule has 7 nitrogen and oxygen atoms in total. The summed E-state index contributed by atoms with van der Waals surface area (Å²) in [6.07, 6.45) is -4.55. The first-order valence-corrected chi connectivity index (χ1v) is 9.00. The minimum absolute atomic E-state index is 0.0641. The van der Waals surface area contributed by atoms with Crippen molar-refractivity contribution < 1.29 is 27.1 Å². The number of nitrogens with zero attached hydrogens (tertiary/aromatic N) is 5. The zero-order chi connectivity index (χ0) is 22.2. The fraction of sp³-hybridized carbons (Fsp3) is 0.278. The topological polar surface area (TPSA) is 63.5 Å². The third-order valence-electron chi connectivity index (χ3n) is 4.03. The standard InChI is InChI=1S/C18H16ClF4N5O2/c1-4-16(29)28(26(2)3)27-15-9-11(5-6-14(15)24-25-27)30-17-12(19)7-10(8-13(17)20)18(21,22)23/h5-9H,4H2,1-3H3. The average molecular weight is 446 g/mol. The van der Waals surface area contributed by atoms with E-state index in [0.717, 1.165) is 0 Å². The van der Waals surface area contributed by atoms with Crippen LogP contribution in [-0.2, 0) is 11.0 Å². The molecule has 0 saturated heterocycles. The lowest BCUT2D eigenvalue weighted by Crippen LogP contribution is -2.50. The maximum atomic E-state index is 14.2. The second-order valence-electron chi connectivity index (χ2n) is 6.38. The van der Waals surface area contributed by atoms with Gasteiger partial charge < -0.3 is 4.74 Å². The van der Waals surface area contributed by atoms with Crippen LogP contribution in [0.5, 0.6) is 11.5 Å². The van der Waals surface area contributed by atoms with Crippen LogP contribution in [0.1, 0.15) is 18.9 Å². The van der Waals surface area contributed by atoms with Gasteiger partial charge in [0, 0.05) is 26.6 Å². The van der Waals surface area contributed by atoms with Crippen molar-refractivity contribution in [3.05, 3.63) is 46.7 Å². The first-order chi connectivity index (χ1) is 14.0. The summed E-state index contributed by atoms with van der Waals surface area (Å²) in [4.78, 5) is 13.5. The summed E-state index contributed by atoms with van der Waals surface area (Å²) in [5.41, 5.74) is -0.460. The fourth-order valence-corrected chi connectivity index (χ4v) is 2.92. The zero-order valence-electron chi connectivity index (χ0n) is 16.0. The Morgan fingerprint density at radius 1 is 1.23 bits per heavy atom. The third kappa shape index (κ3) is 4.17. The molecule has 12 heteroatoms. The van der Waals surface area contributed by atoms with Gasteiger partial charge in [0.25, 0.3) is 5.91 Å². The van der Waals surface area contributed by atoms with E-state index in [1.54, 1.807) is 21.0 Å². The zero-order valence-corrected chi connectivity index (χ0v) is 16.8. The van der Waals surface area contributed by atoms with Crippen molar-refractivity contribution in [2.75, 3.05) is 19.2 Å². The molecule has 1 aromatic heterocycles. The predicted octanol–water partition coefficient (Wildman–Crippen LogP) is 4.39. The Kier molecular flexibility index (Phi) is 5.86. The summed E-state index contributed by atoms with van der Waals surface area (Å²) < 4.78 is 58.1. The van der Waals surface area contributed by atoms with Gasteiger partial charge in [-0.1, -0.05) is 18.5 Å². The minimum atomic E-state index is -4.75. The third-order valence-corrected chi connectivity index (χ3v) is 4.31. The molecule has 0 atom stereocenters. The van der Waals surface area contributed by atoms with Gasteiger partial charge in [-0.05, 0) is 29.5 Å². The van der Waals surface area contributed by atoms with E-state index in [-0.39, 0.29) is 18.1 Å². The molecule has 1 amide bonds.